The molecule has 1 aromatic heterocycles. The Morgan fingerprint density at radius 3 is 1.84 bits per heavy atom. The van der Waals surface area contributed by atoms with Gasteiger partial charge in [0.15, 0.2) is 5.69 Å². The second-order valence-electron chi connectivity index (χ2n) is 17.7. The predicted molar refractivity (Wildman–Crippen MR) is 249 cm³/mol. The lowest BCUT2D eigenvalue weighted by Gasteiger charge is -2.31. The topological polar surface area (TPSA) is 283 Å². The van der Waals surface area contributed by atoms with Gasteiger partial charge in [-0.1, -0.05) is 42.5 Å². The zero-order chi connectivity index (χ0) is 48.6. The summed E-state index contributed by atoms with van der Waals surface area (Å²) in [6.45, 7) is 3.07. The lowest BCUT2D eigenvalue weighted by molar-refractivity contribution is -0.128. The van der Waals surface area contributed by atoms with Crippen LogP contribution in [0.15, 0.2) is 95.0 Å². The fourth-order valence-corrected chi connectivity index (χ4v) is 11.4. The number of para-hydroxylation sites is 1. The van der Waals surface area contributed by atoms with Crippen LogP contribution in [0.5, 0.6) is 0 Å². The molecule has 2 aliphatic carbocycles. The van der Waals surface area contributed by atoms with E-state index in [1.165, 1.54) is 9.58 Å². The smallest absolute Gasteiger partial charge is 0.272 e. The molecular formula is C47H49N11O8S2. The molecule has 4 aromatic rings. The monoisotopic (exact) mass is 959 g/mol. The van der Waals surface area contributed by atoms with Gasteiger partial charge in [-0.3, -0.25) is 33.6 Å². The number of carbonyl (C=O) groups excluding carboxylic acids is 4. The zero-order valence-corrected chi connectivity index (χ0v) is 39.0. The third kappa shape index (κ3) is 9.50. The SMILES string of the molecule is CC1N=C(C(=O)NCc2ccc(C#N)cc2)C2=C1C(=O)N(CC1(S(N)(=O)=O)CC1)CC2.Cn1nc(C(=O)NCc2ccc(C#N)cc2)c2c1C(=O)N(CC1(S(=O)(=O)Nc3ccccc3)CC1)CC2. The van der Waals surface area contributed by atoms with Gasteiger partial charge >= 0.3 is 0 Å². The summed E-state index contributed by atoms with van der Waals surface area (Å²) < 4.78 is 52.1. The van der Waals surface area contributed by atoms with E-state index in [-0.39, 0.29) is 55.3 Å². The van der Waals surface area contributed by atoms with Crippen LogP contribution in [0.1, 0.15) is 87.8 Å². The molecule has 4 heterocycles. The Morgan fingerprint density at radius 2 is 1.29 bits per heavy atom. The van der Waals surface area contributed by atoms with E-state index in [1.807, 2.05) is 12.1 Å². The maximum Gasteiger partial charge on any atom is 0.272 e. The molecular weight excluding hydrogens is 911 g/mol. The van der Waals surface area contributed by atoms with E-state index < -0.39 is 41.5 Å². The molecule has 4 amide bonds. The highest BCUT2D eigenvalue weighted by molar-refractivity contribution is 7.94. The van der Waals surface area contributed by atoms with Gasteiger partial charge in [-0.2, -0.15) is 15.6 Å². The first-order valence-electron chi connectivity index (χ1n) is 22.0. The summed E-state index contributed by atoms with van der Waals surface area (Å²) in [5.74, 6) is -1.35. The third-order valence-electron chi connectivity index (χ3n) is 13.0. The van der Waals surface area contributed by atoms with Crippen molar-refractivity contribution in [3.63, 3.8) is 0 Å². The van der Waals surface area contributed by atoms with E-state index in [2.05, 4.69) is 31.5 Å². The number of aromatic nitrogens is 2. The first kappa shape index (κ1) is 47.3. The van der Waals surface area contributed by atoms with Gasteiger partial charge in [0, 0.05) is 63.1 Å². The summed E-state index contributed by atoms with van der Waals surface area (Å²) in [5, 5.41) is 33.1. The van der Waals surface area contributed by atoms with Gasteiger partial charge in [0.1, 0.15) is 20.9 Å². The summed E-state index contributed by atoms with van der Waals surface area (Å²) in [6.07, 6.45) is 2.69. The van der Waals surface area contributed by atoms with Crippen LogP contribution >= 0.6 is 0 Å². The second-order valence-corrected chi connectivity index (χ2v) is 21.7. The number of nitrogens with one attached hydrogen (secondary N) is 3. The molecule has 1 atom stereocenters. The Hall–Kier alpha value is -7.20. The van der Waals surface area contributed by atoms with E-state index in [4.69, 9.17) is 15.7 Å². The quantitative estimate of drug-likeness (QED) is 0.143. The maximum absolute atomic E-state index is 13.4. The average Bonchev–Trinajstić information content (AvgIpc) is 4.24. The van der Waals surface area contributed by atoms with Gasteiger partial charge in [-0.25, -0.2) is 22.0 Å². The number of nitriles is 2. The number of sulfonamides is 2. The van der Waals surface area contributed by atoms with Crippen LogP contribution in [0.25, 0.3) is 0 Å². The molecule has 1 unspecified atom stereocenters. The second kappa shape index (κ2) is 18.5. The van der Waals surface area contributed by atoms with Crippen molar-refractivity contribution in [2.24, 2.45) is 17.2 Å². The van der Waals surface area contributed by atoms with Crippen LogP contribution in [0.2, 0.25) is 0 Å². The number of amides is 4. The Balaban J connectivity index is 0.000000187. The first-order valence-corrected chi connectivity index (χ1v) is 25.0. The van der Waals surface area contributed by atoms with Crippen LogP contribution < -0.4 is 20.5 Å². The summed E-state index contributed by atoms with van der Waals surface area (Å²) in [4.78, 5) is 59.6. The number of anilines is 1. The number of carbonyl (C=O) groups is 4. The number of hydrogen-bond donors (Lipinski definition) is 4. The Morgan fingerprint density at radius 1 is 0.765 bits per heavy atom. The predicted octanol–water partition coefficient (Wildman–Crippen LogP) is 2.56. The molecule has 19 nitrogen and oxygen atoms in total. The van der Waals surface area contributed by atoms with Crippen molar-refractivity contribution < 1.29 is 36.0 Å². The van der Waals surface area contributed by atoms with Crippen molar-refractivity contribution in [2.75, 3.05) is 30.9 Å². The first-order chi connectivity index (χ1) is 32.4. The maximum atomic E-state index is 13.4. The lowest BCUT2D eigenvalue weighted by Crippen LogP contribution is -2.48. The zero-order valence-electron chi connectivity index (χ0n) is 37.4. The number of nitrogens with two attached hydrogens (primary N) is 1. The van der Waals surface area contributed by atoms with E-state index in [0.29, 0.717) is 90.8 Å². The van der Waals surface area contributed by atoms with Gasteiger partial charge in [-0.05, 0) is 98.5 Å². The minimum absolute atomic E-state index is 0.0778. The number of aryl methyl sites for hydroxylation is 1. The molecule has 3 aliphatic heterocycles. The minimum atomic E-state index is -3.73. The molecule has 0 radical (unpaired) electrons. The average molecular weight is 960 g/mol. The molecule has 2 saturated carbocycles. The molecule has 0 bridgehead atoms. The fourth-order valence-electron chi connectivity index (χ4n) is 8.76. The molecule has 0 spiro atoms. The standard InChI is InChI=1S/C26H26N6O4S.C21H23N5O4S/c1-31-23-21(22(29-31)24(33)28-16-19-9-7-18(15-27)8-10-19)11-14-32(25(23)34)17-26(12-13-26)37(35,36)30-20-5-3-2-4-6-20;1-13-17-16(6-9-26(20(17)28)12-21(7-8-21)31(23,29)30)18(25-13)19(27)24-11-15-4-2-14(10-22)3-5-15/h2-10,30H,11-14,16-17H2,1H3,(H,28,33);2-5,13H,6-9,11-12H2,1H3,(H,24,27)(H2,23,29,30). The lowest BCUT2D eigenvalue weighted by atomic mass is 9.94. The van der Waals surface area contributed by atoms with Crippen molar-refractivity contribution in [2.45, 2.75) is 74.1 Å². The van der Waals surface area contributed by atoms with Gasteiger partial charge < -0.3 is 20.4 Å². The van der Waals surface area contributed by atoms with E-state index in [9.17, 15) is 36.0 Å². The van der Waals surface area contributed by atoms with Gasteiger partial charge in [-0.15, -0.1) is 0 Å². The van der Waals surface area contributed by atoms with Crippen LogP contribution in [-0.2, 0) is 56.2 Å². The van der Waals surface area contributed by atoms with Crippen LogP contribution in [0.4, 0.5) is 5.69 Å². The van der Waals surface area contributed by atoms with Crippen molar-refractivity contribution in [3.05, 3.63) is 129 Å². The molecule has 68 heavy (non-hydrogen) atoms. The summed E-state index contributed by atoms with van der Waals surface area (Å²) in [7, 11) is -5.83. The van der Waals surface area contributed by atoms with Crippen molar-refractivity contribution >= 4 is 55.1 Å². The molecule has 5 N–H and O–H groups in total. The number of fused-ring (bicyclic) bond motifs is 1. The molecule has 0 saturated heterocycles. The Kier molecular flexibility index (Phi) is 12.8. The number of aliphatic imine (C=N–C) groups is 1. The highest BCUT2D eigenvalue weighted by Gasteiger charge is 2.57. The highest BCUT2D eigenvalue weighted by Crippen LogP contribution is 2.46. The molecule has 21 heteroatoms. The molecule has 9 rings (SSSR count). The van der Waals surface area contributed by atoms with E-state index >= 15 is 0 Å². The van der Waals surface area contributed by atoms with Crippen LogP contribution in [-0.4, -0.2) is 107 Å². The molecule has 3 aromatic carbocycles. The minimum Gasteiger partial charge on any atom is -0.347 e. The molecule has 352 valence electrons. The van der Waals surface area contributed by atoms with Crippen molar-refractivity contribution in [3.8, 4) is 12.1 Å². The third-order valence-corrected chi connectivity index (χ3v) is 17.0. The Bertz CT molecular complexity index is 3070. The van der Waals surface area contributed by atoms with Gasteiger partial charge in [0.05, 0.1) is 29.3 Å². The van der Waals surface area contributed by atoms with E-state index in [1.54, 1.807) is 91.7 Å². The highest BCUT2D eigenvalue weighted by atomic mass is 32.2. The number of benzene rings is 3. The summed E-state index contributed by atoms with van der Waals surface area (Å²) in [5.41, 5.74) is 5.66. The fraction of sp³-hybridized carbons (Fsp3) is 0.362. The Labute approximate surface area is 393 Å². The van der Waals surface area contributed by atoms with Crippen molar-refractivity contribution in [1.29, 1.82) is 10.5 Å². The largest absolute Gasteiger partial charge is 0.347 e. The van der Waals surface area contributed by atoms with Gasteiger partial charge in [0.2, 0.25) is 20.0 Å². The van der Waals surface area contributed by atoms with Crippen LogP contribution in [0.3, 0.4) is 0 Å². The summed E-state index contributed by atoms with van der Waals surface area (Å²) in [6, 6.07) is 26.1. The van der Waals surface area contributed by atoms with Crippen LogP contribution in [0, 0.1) is 22.7 Å². The normalized spacial score (nSPS) is 18.7. The van der Waals surface area contributed by atoms with Crippen molar-refractivity contribution in [1.82, 2.24) is 30.2 Å². The summed E-state index contributed by atoms with van der Waals surface area (Å²) >= 11 is 0. The van der Waals surface area contributed by atoms with Gasteiger partial charge in [0.25, 0.3) is 23.6 Å². The molecule has 5 aliphatic rings. The number of rotatable bonds is 14. The number of nitrogens with zero attached hydrogens (tertiary/aromatic N) is 7. The molecule has 2 fully saturated rings. The number of hydrogen-bond acceptors (Lipinski definition) is 12. The number of primary sulfonamides is 1. The van der Waals surface area contributed by atoms with E-state index in [0.717, 1.165) is 11.1 Å².